The Morgan fingerprint density at radius 1 is 1.13 bits per heavy atom. The first-order valence-corrected chi connectivity index (χ1v) is 10.9. The van der Waals surface area contributed by atoms with Crippen molar-refractivity contribution < 1.29 is 4.74 Å². The Bertz CT molecular complexity index is 1060. The Morgan fingerprint density at radius 3 is 2.83 bits per heavy atom. The lowest BCUT2D eigenvalue weighted by Gasteiger charge is -2.28. The summed E-state index contributed by atoms with van der Waals surface area (Å²) in [7, 11) is 0. The minimum atomic E-state index is 0.0711. The zero-order valence-electron chi connectivity index (χ0n) is 16.5. The Morgan fingerprint density at radius 2 is 2.03 bits per heavy atom. The number of nitrogens with zero attached hydrogens (tertiary/aromatic N) is 7. The monoisotopic (exact) mass is 422 g/mol. The quantitative estimate of drug-likeness (QED) is 0.680. The molecule has 154 valence electrons. The minimum absolute atomic E-state index is 0.0711. The molecule has 0 aromatic carbocycles. The molecule has 30 heavy (non-hydrogen) atoms. The van der Waals surface area contributed by atoms with Gasteiger partial charge in [0.1, 0.15) is 11.6 Å². The van der Waals surface area contributed by atoms with Crippen LogP contribution in [0.3, 0.4) is 0 Å². The number of anilines is 4. The number of morpholine rings is 1. The highest BCUT2D eigenvalue weighted by molar-refractivity contribution is 7.22. The number of ether oxygens (including phenoxy) is 1. The topological polar surface area (TPSA) is 103 Å². The second-order valence-corrected chi connectivity index (χ2v) is 8.38. The average molecular weight is 423 g/mol. The number of nitriles is 1. The lowest BCUT2D eigenvalue weighted by atomic mass is 10.0. The molecule has 5 rings (SSSR count). The fourth-order valence-electron chi connectivity index (χ4n) is 3.79. The molecule has 2 aliphatic heterocycles. The van der Waals surface area contributed by atoms with E-state index in [0.717, 1.165) is 66.0 Å². The van der Waals surface area contributed by atoms with Gasteiger partial charge in [-0.1, -0.05) is 11.3 Å². The van der Waals surface area contributed by atoms with Crippen LogP contribution in [0.4, 0.5) is 22.6 Å². The van der Waals surface area contributed by atoms with Crippen molar-refractivity contribution in [1.29, 1.82) is 5.26 Å². The summed E-state index contributed by atoms with van der Waals surface area (Å²) in [6, 6.07) is 4.31. The predicted octanol–water partition coefficient (Wildman–Crippen LogP) is 2.80. The van der Waals surface area contributed by atoms with Crippen molar-refractivity contribution in [3.8, 4) is 6.07 Å². The molecule has 3 aromatic heterocycles. The summed E-state index contributed by atoms with van der Waals surface area (Å²) in [5.74, 6) is 2.29. The zero-order chi connectivity index (χ0) is 20.3. The SMILES string of the molecule is N#CC1CCCN(c2nc3ccnc(Nc4cnc(N5CCOCC5)cn4)c3s2)C1. The molecule has 0 aliphatic carbocycles. The van der Waals surface area contributed by atoms with E-state index >= 15 is 0 Å². The Balaban J connectivity index is 1.35. The van der Waals surface area contributed by atoms with Gasteiger partial charge in [-0.2, -0.15) is 5.26 Å². The van der Waals surface area contributed by atoms with E-state index in [9.17, 15) is 5.26 Å². The highest BCUT2D eigenvalue weighted by atomic mass is 32.1. The molecule has 0 spiro atoms. The van der Waals surface area contributed by atoms with E-state index in [-0.39, 0.29) is 5.92 Å². The number of piperidine rings is 1. The van der Waals surface area contributed by atoms with Gasteiger partial charge < -0.3 is 19.9 Å². The number of nitrogens with one attached hydrogen (secondary N) is 1. The largest absolute Gasteiger partial charge is 0.378 e. The number of fused-ring (bicyclic) bond motifs is 1. The van der Waals surface area contributed by atoms with E-state index < -0.39 is 0 Å². The van der Waals surface area contributed by atoms with Crippen LogP contribution in [0, 0.1) is 17.2 Å². The smallest absolute Gasteiger partial charge is 0.186 e. The van der Waals surface area contributed by atoms with Gasteiger partial charge in [0.15, 0.2) is 10.9 Å². The zero-order valence-corrected chi connectivity index (χ0v) is 17.3. The van der Waals surface area contributed by atoms with Crippen LogP contribution in [0.1, 0.15) is 12.8 Å². The molecule has 2 saturated heterocycles. The van der Waals surface area contributed by atoms with Gasteiger partial charge in [0, 0.05) is 32.4 Å². The van der Waals surface area contributed by atoms with Crippen LogP contribution in [0.2, 0.25) is 0 Å². The third-order valence-electron chi connectivity index (χ3n) is 5.39. The van der Waals surface area contributed by atoms with Crippen molar-refractivity contribution in [1.82, 2.24) is 19.9 Å². The molecule has 9 nitrogen and oxygen atoms in total. The average Bonchev–Trinajstić information content (AvgIpc) is 3.26. The summed E-state index contributed by atoms with van der Waals surface area (Å²) < 4.78 is 6.37. The summed E-state index contributed by atoms with van der Waals surface area (Å²) in [5, 5.41) is 13.5. The van der Waals surface area contributed by atoms with E-state index in [2.05, 4.69) is 36.1 Å². The van der Waals surface area contributed by atoms with Crippen molar-refractivity contribution >= 4 is 44.1 Å². The van der Waals surface area contributed by atoms with Crippen molar-refractivity contribution in [3.05, 3.63) is 24.7 Å². The van der Waals surface area contributed by atoms with Gasteiger partial charge in [0.25, 0.3) is 0 Å². The highest BCUT2D eigenvalue weighted by Crippen LogP contribution is 2.35. The molecular formula is C20H22N8OS. The summed E-state index contributed by atoms with van der Waals surface area (Å²) in [5.41, 5.74) is 0.893. The van der Waals surface area contributed by atoms with Crippen molar-refractivity contribution in [2.75, 3.05) is 54.5 Å². The van der Waals surface area contributed by atoms with Crippen LogP contribution >= 0.6 is 11.3 Å². The van der Waals surface area contributed by atoms with E-state index in [1.54, 1.807) is 29.9 Å². The fraction of sp³-hybridized carbons (Fsp3) is 0.450. The molecule has 1 N–H and O–H groups in total. The molecule has 3 aromatic rings. The molecular weight excluding hydrogens is 400 g/mol. The van der Waals surface area contributed by atoms with Gasteiger partial charge in [0.2, 0.25) is 0 Å². The Labute approximate surface area is 178 Å². The predicted molar refractivity (Wildman–Crippen MR) is 116 cm³/mol. The minimum Gasteiger partial charge on any atom is -0.378 e. The molecule has 0 radical (unpaired) electrons. The Hall–Kier alpha value is -3.03. The molecule has 10 heteroatoms. The summed E-state index contributed by atoms with van der Waals surface area (Å²) in [4.78, 5) is 22.7. The number of thiazole rings is 1. The van der Waals surface area contributed by atoms with Gasteiger partial charge in [-0.25, -0.2) is 19.9 Å². The number of pyridine rings is 1. The van der Waals surface area contributed by atoms with E-state index in [1.807, 2.05) is 6.07 Å². The van der Waals surface area contributed by atoms with Crippen LogP contribution in [0.25, 0.3) is 10.2 Å². The summed E-state index contributed by atoms with van der Waals surface area (Å²) >= 11 is 1.60. The van der Waals surface area contributed by atoms with Crippen LogP contribution in [-0.4, -0.2) is 59.3 Å². The summed E-state index contributed by atoms with van der Waals surface area (Å²) in [6.45, 7) is 4.76. The molecule has 0 bridgehead atoms. The number of rotatable bonds is 4. The first-order valence-electron chi connectivity index (χ1n) is 10.1. The van der Waals surface area contributed by atoms with Crippen LogP contribution in [0.5, 0.6) is 0 Å². The third kappa shape index (κ3) is 3.86. The molecule has 1 atom stereocenters. The fourth-order valence-corrected chi connectivity index (χ4v) is 4.83. The standard InChI is InChI=1S/C20H22N8OS/c21-10-14-2-1-5-28(13-14)20-25-15-3-4-22-19(18(15)30-20)26-16-11-24-17(12-23-16)27-6-8-29-9-7-27/h3-4,11-12,14H,1-2,5-9,13H2,(H,22,23,26). The maximum absolute atomic E-state index is 9.27. The van der Waals surface area contributed by atoms with Crippen molar-refractivity contribution in [2.24, 2.45) is 5.92 Å². The molecule has 0 amide bonds. The molecule has 1 unspecified atom stereocenters. The summed E-state index contributed by atoms with van der Waals surface area (Å²) in [6.07, 6.45) is 7.24. The van der Waals surface area contributed by atoms with Gasteiger partial charge in [-0.05, 0) is 18.9 Å². The van der Waals surface area contributed by atoms with E-state index in [1.165, 1.54) is 0 Å². The van der Waals surface area contributed by atoms with E-state index in [4.69, 9.17) is 9.72 Å². The first-order chi connectivity index (χ1) is 14.8. The molecule has 0 saturated carbocycles. The molecule has 5 heterocycles. The van der Waals surface area contributed by atoms with Gasteiger partial charge in [0.05, 0.1) is 47.8 Å². The van der Waals surface area contributed by atoms with Crippen molar-refractivity contribution in [3.63, 3.8) is 0 Å². The van der Waals surface area contributed by atoms with Gasteiger partial charge in [-0.15, -0.1) is 0 Å². The van der Waals surface area contributed by atoms with Gasteiger partial charge >= 0.3 is 0 Å². The second kappa shape index (κ2) is 8.38. The lowest BCUT2D eigenvalue weighted by Crippen LogP contribution is -2.36. The van der Waals surface area contributed by atoms with E-state index in [0.29, 0.717) is 19.0 Å². The maximum atomic E-state index is 9.27. The third-order valence-corrected chi connectivity index (χ3v) is 6.53. The Kier molecular flexibility index (Phi) is 5.29. The normalized spacial score (nSPS) is 19.6. The van der Waals surface area contributed by atoms with Crippen molar-refractivity contribution in [2.45, 2.75) is 12.8 Å². The maximum Gasteiger partial charge on any atom is 0.186 e. The molecule has 2 fully saturated rings. The van der Waals surface area contributed by atoms with Crippen LogP contribution in [0.15, 0.2) is 24.7 Å². The van der Waals surface area contributed by atoms with Crippen LogP contribution in [-0.2, 0) is 4.74 Å². The second-order valence-electron chi connectivity index (χ2n) is 7.40. The number of hydrogen-bond donors (Lipinski definition) is 1. The number of hydrogen-bond acceptors (Lipinski definition) is 10. The first kappa shape index (κ1) is 19.0. The van der Waals surface area contributed by atoms with Gasteiger partial charge in [-0.3, -0.25) is 0 Å². The number of aromatic nitrogens is 4. The lowest BCUT2D eigenvalue weighted by molar-refractivity contribution is 0.122. The van der Waals surface area contributed by atoms with Crippen LogP contribution < -0.4 is 15.1 Å². The highest BCUT2D eigenvalue weighted by Gasteiger charge is 2.23. The molecule has 2 aliphatic rings.